The zero-order valence-corrected chi connectivity index (χ0v) is 10.8. The fraction of sp³-hybridized carbons (Fsp3) is 0.400. The summed E-state index contributed by atoms with van der Waals surface area (Å²) in [5.74, 6) is -0.898. The predicted octanol–water partition coefficient (Wildman–Crippen LogP) is 2.36. The van der Waals surface area contributed by atoms with Gasteiger partial charge in [0.15, 0.2) is 0 Å². The Morgan fingerprint density at radius 3 is 2.50 bits per heavy atom. The van der Waals surface area contributed by atoms with Gasteiger partial charge in [-0.1, -0.05) is 42.5 Å². The van der Waals surface area contributed by atoms with Gasteiger partial charge in [0, 0.05) is 12.0 Å². The molecule has 1 aliphatic rings. The van der Waals surface area contributed by atoms with E-state index in [9.17, 15) is 9.90 Å². The molecule has 0 fully saturated rings. The van der Waals surface area contributed by atoms with Crippen molar-refractivity contribution < 1.29 is 9.90 Å². The first-order valence-corrected chi connectivity index (χ1v) is 6.22. The lowest BCUT2D eigenvalue weighted by molar-refractivity contribution is -0.144. The molecule has 1 aromatic rings. The molecule has 1 N–H and O–H groups in total. The summed E-state index contributed by atoms with van der Waals surface area (Å²) in [6.07, 6.45) is 4.75. The van der Waals surface area contributed by atoms with E-state index in [1.165, 1.54) is 5.56 Å². The van der Waals surface area contributed by atoms with Crippen LogP contribution in [0.4, 0.5) is 0 Å². The monoisotopic (exact) mass is 245 g/mol. The van der Waals surface area contributed by atoms with E-state index in [1.807, 2.05) is 43.3 Å². The zero-order chi connectivity index (χ0) is 13.1. The molecule has 0 amide bonds. The van der Waals surface area contributed by atoms with Gasteiger partial charge in [-0.25, -0.2) is 0 Å². The second-order valence-corrected chi connectivity index (χ2v) is 5.00. The van der Waals surface area contributed by atoms with Crippen molar-refractivity contribution in [2.45, 2.75) is 18.4 Å². The summed E-state index contributed by atoms with van der Waals surface area (Å²) < 4.78 is 0. The van der Waals surface area contributed by atoms with Crippen molar-refractivity contribution in [3.05, 3.63) is 48.0 Å². The first-order chi connectivity index (χ1) is 8.61. The van der Waals surface area contributed by atoms with Crippen LogP contribution in [-0.4, -0.2) is 36.1 Å². The van der Waals surface area contributed by atoms with Gasteiger partial charge in [0.25, 0.3) is 0 Å². The number of allylic oxidation sites excluding steroid dienone is 1. The van der Waals surface area contributed by atoms with Gasteiger partial charge < -0.3 is 10.0 Å². The number of nitrogens with zero attached hydrogens (tertiary/aromatic N) is 1. The maximum atomic E-state index is 11.4. The number of hydrogen-bond acceptors (Lipinski definition) is 2. The third-order valence-corrected chi connectivity index (χ3v) is 3.61. The molecule has 18 heavy (non-hydrogen) atoms. The Hall–Kier alpha value is -1.61. The summed E-state index contributed by atoms with van der Waals surface area (Å²) in [6.45, 7) is 0. The molecule has 1 aliphatic carbocycles. The van der Waals surface area contributed by atoms with Gasteiger partial charge in [-0.3, -0.25) is 4.79 Å². The van der Waals surface area contributed by atoms with Crippen LogP contribution in [0.5, 0.6) is 0 Å². The second kappa shape index (κ2) is 5.36. The summed E-state index contributed by atoms with van der Waals surface area (Å²) in [5, 5.41) is 9.36. The first-order valence-electron chi connectivity index (χ1n) is 6.22. The van der Waals surface area contributed by atoms with Crippen LogP contribution in [0.25, 0.3) is 0 Å². The molecule has 0 saturated heterocycles. The van der Waals surface area contributed by atoms with E-state index in [0.717, 1.165) is 0 Å². The maximum absolute atomic E-state index is 11.4. The Morgan fingerprint density at radius 2 is 1.94 bits per heavy atom. The van der Waals surface area contributed by atoms with Crippen LogP contribution in [0, 0.1) is 5.92 Å². The van der Waals surface area contributed by atoms with E-state index < -0.39 is 5.97 Å². The van der Waals surface area contributed by atoms with Crippen molar-refractivity contribution in [3.63, 3.8) is 0 Å². The van der Waals surface area contributed by atoms with Crippen molar-refractivity contribution in [2.75, 3.05) is 14.1 Å². The molecule has 0 saturated carbocycles. The van der Waals surface area contributed by atoms with Gasteiger partial charge in [-0.15, -0.1) is 0 Å². The first kappa shape index (κ1) is 12.8. The zero-order valence-electron chi connectivity index (χ0n) is 10.8. The molecule has 0 radical (unpaired) electrons. The summed E-state index contributed by atoms with van der Waals surface area (Å²) in [5.41, 5.74) is 1.18. The molecule has 0 aliphatic heterocycles. The van der Waals surface area contributed by atoms with E-state index >= 15 is 0 Å². The third-order valence-electron chi connectivity index (χ3n) is 3.61. The topological polar surface area (TPSA) is 40.5 Å². The minimum absolute atomic E-state index is 0.00917. The Balaban J connectivity index is 2.36. The van der Waals surface area contributed by atoms with Crippen LogP contribution in [0.1, 0.15) is 17.9 Å². The van der Waals surface area contributed by atoms with E-state index in [0.29, 0.717) is 6.42 Å². The molecular weight excluding hydrogens is 226 g/mol. The van der Waals surface area contributed by atoms with Crippen molar-refractivity contribution in [1.82, 2.24) is 4.90 Å². The van der Waals surface area contributed by atoms with E-state index in [-0.39, 0.29) is 17.9 Å². The lowest BCUT2D eigenvalue weighted by Crippen LogP contribution is -2.44. The highest BCUT2D eigenvalue weighted by Gasteiger charge is 2.37. The quantitative estimate of drug-likeness (QED) is 0.831. The molecule has 96 valence electrons. The minimum atomic E-state index is -0.709. The highest BCUT2D eigenvalue weighted by atomic mass is 16.4. The molecule has 0 bridgehead atoms. The van der Waals surface area contributed by atoms with Crippen molar-refractivity contribution in [3.8, 4) is 0 Å². The van der Waals surface area contributed by atoms with Crippen LogP contribution >= 0.6 is 0 Å². The van der Waals surface area contributed by atoms with Crippen LogP contribution in [0.2, 0.25) is 0 Å². The Kier molecular flexibility index (Phi) is 3.82. The standard InChI is InChI=1S/C15H19NO2/c1-16(2)14-12(11-7-4-3-5-8-11)9-6-10-13(14)15(17)18/h3-9,12-14H,10H2,1-2H3,(H,17,18). The average Bonchev–Trinajstić information content (AvgIpc) is 2.38. The minimum Gasteiger partial charge on any atom is -0.481 e. The molecule has 3 atom stereocenters. The normalized spacial score (nSPS) is 27.4. The highest BCUT2D eigenvalue weighted by molar-refractivity contribution is 5.72. The third kappa shape index (κ3) is 2.46. The summed E-state index contributed by atoms with van der Waals surface area (Å²) in [4.78, 5) is 13.4. The van der Waals surface area contributed by atoms with Gasteiger partial charge in [-0.05, 0) is 26.1 Å². The van der Waals surface area contributed by atoms with Gasteiger partial charge >= 0.3 is 5.97 Å². The van der Waals surface area contributed by atoms with Crippen molar-refractivity contribution >= 4 is 5.97 Å². The Morgan fingerprint density at radius 1 is 1.28 bits per heavy atom. The molecular formula is C15H19NO2. The molecule has 0 aromatic heterocycles. The molecule has 0 spiro atoms. The highest BCUT2D eigenvalue weighted by Crippen LogP contribution is 2.34. The summed E-state index contributed by atoms with van der Waals surface area (Å²) >= 11 is 0. The fourth-order valence-electron chi connectivity index (χ4n) is 2.79. The van der Waals surface area contributed by atoms with E-state index in [2.05, 4.69) is 18.2 Å². The second-order valence-electron chi connectivity index (χ2n) is 5.00. The van der Waals surface area contributed by atoms with E-state index in [1.54, 1.807) is 0 Å². The summed E-state index contributed by atoms with van der Waals surface area (Å²) in [7, 11) is 3.91. The van der Waals surface area contributed by atoms with Crippen LogP contribution in [-0.2, 0) is 4.79 Å². The molecule has 3 unspecified atom stereocenters. The Labute approximate surface area is 108 Å². The predicted molar refractivity (Wildman–Crippen MR) is 71.5 cm³/mol. The number of carboxylic acids is 1. The average molecular weight is 245 g/mol. The lowest BCUT2D eigenvalue weighted by atomic mass is 9.77. The fourth-order valence-corrected chi connectivity index (χ4v) is 2.79. The molecule has 0 heterocycles. The lowest BCUT2D eigenvalue weighted by Gasteiger charge is -2.37. The van der Waals surface area contributed by atoms with Gasteiger partial charge in [0.05, 0.1) is 5.92 Å². The maximum Gasteiger partial charge on any atom is 0.308 e. The SMILES string of the molecule is CN(C)C1C(C(=O)O)CC=CC1c1ccccc1. The van der Waals surface area contributed by atoms with E-state index in [4.69, 9.17) is 0 Å². The van der Waals surface area contributed by atoms with Crippen LogP contribution in [0.3, 0.4) is 0 Å². The number of carbonyl (C=O) groups is 1. The van der Waals surface area contributed by atoms with Crippen LogP contribution in [0.15, 0.2) is 42.5 Å². The van der Waals surface area contributed by atoms with Crippen molar-refractivity contribution in [1.29, 1.82) is 0 Å². The number of aliphatic carboxylic acids is 1. The number of benzene rings is 1. The Bertz CT molecular complexity index is 439. The van der Waals surface area contributed by atoms with Crippen LogP contribution < -0.4 is 0 Å². The number of carboxylic acid groups (broad SMARTS) is 1. The molecule has 2 rings (SSSR count). The molecule has 3 heteroatoms. The molecule has 3 nitrogen and oxygen atoms in total. The largest absolute Gasteiger partial charge is 0.481 e. The molecule has 1 aromatic carbocycles. The van der Waals surface area contributed by atoms with Gasteiger partial charge in [0.1, 0.15) is 0 Å². The number of likely N-dealkylation sites (N-methyl/N-ethyl adjacent to an activating group) is 1. The van der Waals surface area contributed by atoms with Gasteiger partial charge in [-0.2, -0.15) is 0 Å². The number of hydrogen-bond donors (Lipinski definition) is 1. The smallest absolute Gasteiger partial charge is 0.308 e. The van der Waals surface area contributed by atoms with Gasteiger partial charge in [0.2, 0.25) is 0 Å². The number of rotatable bonds is 3. The van der Waals surface area contributed by atoms with Crippen molar-refractivity contribution in [2.24, 2.45) is 5.92 Å². The summed E-state index contributed by atoms with van der Waals surface area (Å²) in [6, 6.07) is 10.1.